The van der Waals surface area contributed by atoms with Gasteiger partial charge in [-0.25, -0.2) is 0 Å². The molecule has 0 saturated heterocycles. The first-order valence-corrected chi connectivity index (χ1v) is 7.38. The van der Waals surface area contributed by atoms with Crippen LogP contribution < -0.4 is 5.73 Å². The molecule has 3 heteroatoms. The van der Waals surface area contributed by atoms with Crippen LogP contribution in [-0.2, 0) is 4.74 Å². The smallest absolute Gasteiger partial charge is 0.0993 e. The molecule has 0 aromatic heterocycles. The first kappa shape index (κ1) is 15.7. The molecule has 1 aromatic carbocycles. The Balaban J connectivity index is 3.03. The minimum Gasteiger partial charge on any atom is -0.366 e. The summed E-state index contributed by atoms with van der Waals surface area (Å²) in [7, 11) is 0. The van der Waals surface area contributed by atoms with Gasteiger partial charge in [-0.05, 0) is 38.3 Å². The highest BCUT2D eigenvalue weighted by molar-refractivity contribution is 9.10. The van der Waals surface area contributed by atoms with Gasteiger partial charge in [0.25, 0.3) is 0 Å². The molecule has 1 aromatic rings. The molecule has 0 aliphatic rings. The second kappa shape index (κ2) is 6.69. The van der Waals surface area contributed by atoms with Gasteiger partial charge in [-0.3, -0.25) is 0 Å². The van der Waals surface area contributed by atoms with Gasteiger partial charge in [-0.15, -0.1) is 0 Å². The van der Waals surface area contributed by atoms with Crippen LogP contribution in [0.1, 0.15) is 52.2 Å². The van der Waals surface area contributed by atoms with Gasteiger partial charge in [-0.1, -0.05) is 48.0 Å². The molecule has 0 saturated carbocycles. The van der Waals surface area contributed by atoms with Crippen LogP contribution in [0.3, 0.4) is 0 Å². The fourth-order valence-electron chi connectivity index (χ4n) is 1.73. The van der Waals surface area contributed by atoms with Crippen molar-refractivity contribution in [3.8, 4) is 0 Å². The van der Waals surface area contributed by atoms with E-state index in [0.29, 0.717) is 0 Å². The SMILES string of the molecule is CCC(N)C(OC(C)(C)CC)c1ccccc1Br. The molecular formula is C15H24BrNO. The number of rotatable bonds is 6. The lowest BCUT2D eigenvalue weighted by atomic mass is 9.98. The highest BCUT2D eigenvalue weighted by atomic mass is 79.9. The topological polar surface area (TPSA) is 35.2 Å². The van der Waals surface area contributed by atoms with E-state index in [4.69, 9.17) is 10.5 Å². The average Bonchev–Trinajstić information content (AvgIpc) is 2.36. The summed E-state index contributed by atoms with van der Waals surface area (Å²) >= 11 is 3.59. The average molecular weight is 314 g/mol. The van der Waals surface area contributed by atoms with Crippen LogP contribution in [0.25, 0.3) is 0 Å². The minimum atomic E-state index is -0.160. The molecule has 0 radical (unpaired) electrons. The molecule has 2 N–H and O–H groups in total. The highest BCUT2D eigenvalue weighted by Gasteiger charge is 2.28. The number of ether oxygens (including phenoxy) is 1. The molecular weight excluding hydrogens is 290 g/mol. The van der Waals surface area contributed by atoms with Gasteiger partial charge < -0.3 is 10.5 Å². The number of hydrogen-bond acceptors (Lipinski definition) is 2. The third-order valence-electron chi connectivity index (χ3n) is 3.37. The highest BCUT2D eigenvalue weighted by Crippen LogP contribution is 2.33. The number of hydrogen-bond donors (Lipinski definition) is 1. The summed E-state index contributed by atoms with van der Waals surface area (Å²) in [6.45, 7) is 8.45. The number of halogens is 1. The third-order valence-corrected chi connectivity index (χ3v) is 4.09. The zero-order valence-corrected chi connectivity index (χ0v) is 13.3. The Morgan fingerprint density at radius 2 is 1.89 bits per heavy atom. The molecule has 0 fully saturated rings. The van der Waals surface area contributed by atoms with E-state index in [0.717, 1.165) is 22.9 Å². The summed E-state index contributed by atoms with van der Waals surface area (Å²) in [5.74, 6) is 0. The second-order valence-corrected chi connectivity index (χ2v) is 6.10. The number of benzene rings is 1. The van der Waals surface area contributed by atoms with Crippen molar-refractivity contribution in [2.24, 2.45) is 5.73 Å². The van der Waals surface area contributed by atoms with Crippen molar-refractivity contribution in [3.05, 3.63) is 34.3 Å². The quantitative estimate of drug-likeness (QED) is 0.843. The normalized spacial score (nSPS) is 15.4. The van der Waals surface area contributed by atoms with Gasteiger partial charge in [0.05, 0.1) is 11.7 Å². The predicted octanol–water partition coefficient (Wildman–Crippen LogP) is 4.43. The van der Waals surface area contributed by atoms with Crippen molar-refractivity contribution in [2.45, 2.75) is 58.3 Å². The molecule has 2 nitrogen and oxygen atoms in total. The van der Waals surface area contributed by atoms with Gasteiger partial charge in [0.1, 0.15) is 0 Å². The Kier molecular flexibility index (Phi) is 5.83. The van der Waals surface area contributed by atoms with E-state index < -0.39 is 0 Å². The Bertz CT molecular complexity index is 379. The fourth-order valence-corrected chi connectivity index (χ4v) is 2.24. The van der Waals surface area contributed by atoms with Gasteiger partial charge in [-0.2, -0.15) is 0 Å². The predicted molar refractivity (Wildman–Crippen MR) is 80.6 cm³/mol. The Labute approximate surface area is 119 Å². The molecule has 2 atom stereocenters. The zero-order chi connectivity index (χ0) is 13.8. The van der Waals surface area contributed by atoms with Crippen LogP contribution in [0.4, 0.5) is 0 Å². The summed E-state index contributed by atoms with van der Waals surface area (Å²) < 4.78 is 7.31. The summed E-state index contributed by atoms with van der Waals surface area (Å²) in [5.41, 5.74) is 7.21. The van der Waals surface area contributed by atoms with E-state index in [-0.39, 0.29) is 17.7 Å². The molecule has 0 aliphatic heterocycles. The molecule has 0 aliphatic carbocycles. The zero-order valence-electron chi connectivity index (χ0n) is 11.7. The van der Waals surface area contributed by atoms with E-state index in [1.807, 2.05) is 18.2 Å². The van der Waals surface area contributed by atoms with E-state index in [1.165, 1.54) is 0 Å². The first-order valence-electron chi connectivity index (χ1n) is 6.59. The van der Waals surface area contributed by atoms with Crippen molar-refractivity contribution in [1.29, 1.82) is 0 Å². The van der Waals surface area contributed by atoms with Gasteiger partial charge in [0, 0.05) is 10.5 Å². The largest absolute Gasteiger partial charge is 0.366 e. The Morgan fingerprint density at radius 3 is 2.39 bits per heavy atom. The van der Waals surface area contributed by atoms with Crippen molar-refractivity contribution in [1.82, 2.24) is 0 Å². The maximum atomic E-state index is 6.25. The third kappa shape index (κ3) is 4.08. The van der Waals surface area contributed by atoms with Gasteiger partial charge in [0.2, 0.25) is 0 Å². The van der Waals surface area contributed by atoms with E-state index in [9.17, 15) is 0 Å². The van der Waals surface area contributed by atoms with Gasteiger partial charge in [0.15, 0.2) is 0 Å². The van der Waals surface area contributed by atoms with Crippen LogP contribution in [0.2, 0.25) is 0 Å². The van der Waals surface area contributed by atoms with Crippen LogP contribution in [-0.4, -0.2) is 11.6 Å². The molecule has 1 rings (SSSR count). The van der Waals surface area contributed by atoms with Crippen molar-refractivity contribution in [3.63, 3.8) is 0 Å². The van der Waals surface area contributed by atoms with E-state index >= 15 is 0 Å². The molecule has 0 bridgehead atoms. The Morgan fingerprint density at radius 1 is 1.28 bits per heavy atom. The lowest BCUT2D eigenvalue weighted by molar-refractivity contribution is -0.0861. The second-order valence-electron chi connectivity index (χ2n) is 5.25. The van der Waals surface area contributed by atoms with Crippen molar-refractivity contribution >= 4 is 15.9 Å². The maximum absolute atomic E-state index is 6.25. The van der Waals surface area contributed by atoms with Crippen LogP contribution in [0.15, 0.2) is 28.7 Å². The fraction of sp³-hybridized carbons (Fsp3) is 0.600. The molecule has 0 spiro atoms. The maximum Gasteiger partial charge on any atom is 0.0993 e. The van der Waals surface area contributed by atoms with E-state index in [1.54, 1.807) is 0 Å². The van der Waals surface area contributed by atoms with Crippen molar-refractivity contribution < 1.29 is 4.74 Å². The molecule has 102 valence electrons. The van der Waals surface area contributed by atoms with Crippen LogP contribution >= 0.6 is 15.9 Å². The minimum absolute atomic E-state index is 0.00882. The lowest BCUT2D eigenvalue weighted by Crippen LogP contribution is -2.36. The van der Waals surface area contributed by atoms with Gasteiger partial charge >= 0.3 is 0 Å². The van der Waals surface area contributed by atoms with E-state index in [2.05, 4.69) is 49.7 Å². The van der Waals surface area contributed by atoms with Crippen molar-refractivity contribution in [2.75, 3.05) is 0 Å². The molecule has 2 unspecified atom stereocenters. The molecule has 0 heterocycles. The van der Waals surface area contributed by atoms with Crippen LogP contribution in [0.5, 0.6) is 0 Å². The summed E-state index contributed by atoms with van der Waals surface area (Å²) in [4.78, 5) is 0. The summed E-state index contributed by atoms with van der Waals surface area (Å²) in [6.07, 6.45) is 1.79. The lowest BCUT2D eigenvalue weighted by Gasteiger charge is -2.33. The summed E-state index contributed by atoms with van der Waals surface area (Å²) in [6, 6.07) is 8.16. The molecule has 0 amide bonds. The first-order chi connectivity index (χ1) is 8.41. The van der Waals surface area contributed by atoms with Crippen LogP contribution in [0, 0.1) is 0 Å². The standard InChI is InChI=1S/C15H24BrNO/c1-5-13(17)14(18-15(3,4)6-2)11-9-7-8-10-12(11)16/h7-10,13-14H,5-6,17H2,1-4H3. The summed E-state index contributed by atoms with van der Waals surface area (Å²) in [5, 5.41) is 0. The molecule has 18 heavy (non-hydrogen) atoms. The Hall–Kier alpha value is -0.380. The number of nitrogens with two attached hydrogens (primary N) is 1. The monoisotopic (exact) mass is 313 g/mol.